The average molecular weight is 429 g/mol. The first-order valence-corrected chi connectivity index (χ1v) is 8.90. The molecule has 0 saturated heterocycles. The second-order valence-electron chi connectivity index (χ2n) is 5.43. The van der Waals surface area contributed by atoms with Gasteiger partial charge in [-0.25, -0.2) is 4.98 Å². The molecule has 0 aliphatic rings. The molecule has 6 nitrogen and oxygen atoms in total. The Balaban J connectivity index is 0.000000817. The molecule has 0 radical (unpaired) electrons. The van der Waals surface area contributed by atoms with E-state index in [9.17, 15) is 0 Å². The van der Waals surface area contributed by atoms with Crippen LogP contribution in [-0.2, 0) is 17.9 Å². The number of nitrogens with zero attached hydrogens (tertiary/aromatic N) is 3. The number of hydrogen-bond donors (Lipinski definition) is 1. The van der Waals surface area contributed by atoms with Crippen LogP contribution in [0.25, 0.3) is 0 Å². The molecule has 0 spiro atoms. The SMILES string of the molecule is Clc1ccc(CO[C@@H](Cn2ccnc2)c2ccc(Cl)cc2Cl)cc1.O=NO. The summed E-state index contributed by atoms with van der Waals surface area (Å²) in [7, 11) is 0. The topological polar surface area (TPSA) is 76.7 Å². The molecule has 0 bridgehead atoms. The van der Waals surface area contributed by atoms with Crippen LogP contribution in [0.1, 0.15) is 17.2 Å². The summed E-state index contributed by atoms with van der Waals surface area (Å²) in [6.45, 7) is 1.06. The summed E-state index contributed by atoms with van der Waals surface area (Å²) in [5, 5.41) is 9.78. The van der Waals surface area contributed by atoms with Gasteiger partial charge < -0.3 is 14.5 Å². The number of aromatic nitrogens is 2. The number of hydrogen-bond acceptors (Lipinski definition) is 4. The van der Waals surface area contributed by atoms with Gasteiger partial charge in [-0.1, -0.05) is 53.0 Å². The van der Waals surface area contributed by atoms with Crippen molar-refractivity contribution in [1.29, 1.82) is 0 Å². The Bertz CT molecular complexity index is 843. The molecular formula is C18H16Cl3N3O3. The van der Waals surface area contributed by atoms with E-state index in [1.807, 2.05) is 47.2 Å². The third-order valence-electron chi connectivity index (χ3n) is 3.61. The molecule has 142 valence electrons. The Morgan fingerprint density at radius 2 is 1.78 bits per heavy atom. The van der Waals surface area contributed by atoms with E-state index in [0.717, 1.165) is 11.1 Å². The lowest BCUT2D eigenvalue weighted by atomic mass is 10.1. The van der Waals surface area contributed by atoms with Gasteiger partial charge in [0.05, 0.1) is 19.5 Å². The normalized spacial score (nSPS) is 11.4. The van der Waals surface area contributed by atoms with Crippen molar-refractivity contribution in [3.8, 4) is 0 Å². The first-order valence-electron chi connectivity index (χ1n) is 7.77. The van der Waals surface area contributed by atoms with Gasteiger partial charge in [0.25, 0.3) is 0 Å². The van der Waals surface area contributed by atoms with E-state index in [1.54, 1.807) is 18.6 Å². The van der Waals surface area contributed by atoms with Crippen LogP contribution in [0.15, 0.2) is 66.5 Å². The Labute approximate surface area is 171 Å². The molecule has 1 heterocycles. The van der Waals surface area contributed by atoms with Crippen LogP contribution in [0.2, 0.25) is 15.1 Å². The van der Waals surface area contributed by atoms with Crippen LogP contribution in [0, 0.1) is 4.91 Å². The molecule has 1 atom stereocenters. The van der Waals surface area contributed by atoms with Gasteiger partial charge in [-0.05, 0) is 29.8 Å². The van der Waals surface area contributed by atoms with Gasteiger partial charge in [-0.15, -0.1) is 4.91 Å². The predicted molar refractivity (Wildman–Crippen MR) is 105 cm³/mol. The van der Waals surface area contributed by atoms with Crippen molar-refractivity contribution >= 4 is 34.8 Å². The maximum atomic E-state index is 8.11. The van der Waals surface area contributed by atoms with Gasteiger partial charge in [0, 0.05) is 33.0 Å². The molecule has 2 aromatic carbocycles. The summed E-state index contributed by atoms with van der Waals surface area (Å²) in [5.74, 6) is 0. The van der Waals surface area contributed by atoms with Crippen molar-refractivity contribution in [2.75, 3.05) is 0 Å². The Hall–Kier alpha value is -2.12. The lowest BCUT2D eigenvalue weighted by Crippen LogP contribution is -2.12. The Morgan fingerprint density at radius 1 is 1.11 bits per heavy atom. The van der Waals surface area contributed by atoms with Gasteiger partial charge in [0.2, 0.25) is 0 Å². The molecule has 0 fully saturated rings. The standard InChI is InChI=1S/C18H15Cl3N2O.HNO2/c19-14-3-1-13(2-4-14)11-24-18(10-23-8-7-22-12-23)16-6-5-15(20)9-17(16)21;2-1-3/h1-9,12,18H,10-11H2;(H,2,3)/t18-;/m0./s1. The van der Waals surface area contributed by atoms with Crippen molar-refractivity contribution < 1.29 is 9.94 Å². The van der Waals surface area contributed by atoms with Crippen molar-refractivity contribution in [2.24, 2.45) is 5.34 Å². The zero-order valence-electron chi connectivity index (χ0n) is 14.0. The number of imidazole rings is 1. The predicted octanol–water partition coefficient (Wildman–Crippen LogP) is 5.94. The zero-order chi connectivity index (χ0) is 19.6. The summed E-state index contributed by atoms with van der Waals surface area (Å²) in [6.07, 6.45) is 5.16. The fourth-order valence-electron chi connectivity index (χ4n) is 2.37. The monoisotopic (exact) mass is 427 g/mol. The first kappa shape index (κ1) is 21.2. The van der Waals surface area contributed by atoms with Gasteiger partial charge in [0.1, 0.15) is 6.10 Å². The summed E-state index contributed by atoms with van der Waals surface area (Å²) in [4.78, 5) is 12.2. The fraction of sp³-hybridized carbons (Fsp3) is 0.167. The third kappa shape index (κ3) is 6.84. The molecule has 1 N–H and O–H groups in total. The van der Waals surface area contributed by atoms with Crippen LogP contribution in [-0.4, -0.2) is 14.8 Å². The van der Waals surface area contributed by atoms with E-state index in [0.29, 0.717) is 28.2 Å². The highest BCUT2D eigenvalue weighted by molar-refractivity contribution is 6.35. The molecule has 3 rings (SSSR count). The van der Waals surface area contributed by atoms with E-state index in [2.05, 4.69) is 4.98 Å². The van der Waals surface area contributed by atoms with Crippen LogP contribution < -0.4 is 0 Å². The lowest BCUT2D eigenvalue weighted by molar-refractivity contribution is 0.0280. The van der Waals surface area contributed by atoms with Crippen LogP contribution in [0.4, 0.5) is 0 Å². The van der Waals surface area contributed by atoms with Crippen LogP contribution >= 0.6 is 34.8 Å². The van der Waals surface area contributed by atoms with Gasteiger partial charge in [-0.3, -0.25) is 0 Å². The average Bonchev–Trinajstić information content (AvgIpc) is 3.14. The molecule has 27 heavy (non-hydrogen) atoms. The van der Waals surface area contributed by atoms with E-state index < -0.39 is 0 Å². The summed E-state index contributed by atoms with van der Waals surface area (Å²) >= 11 is 18.3. The van der Waals surface area contributed by atoms with E-state index >= 15 is 0 Å². The number of ether oxygens (including phenoxy) is 1. The maximum absolute atomic E-state index is 8.11. The Morgan fingerprint density at radius 3 is 2.37 bits per heavy atom. The molecule has 0 amide bonds. The largest absolute Gasteiger partial charge is 0.379 e. The van der Waals surface area contributed by atoms with E-state index in [1.165, 1.54) is 5.34 Å². The highest BCUT2D eigenvalue weighted by atomic mass is 35.5. The third-order valence-corrected chi connectivity index (χ3v) is 4.42. The number of benzene rings is 2. The Kier molecular flexibility index (Phi) is 8.54. The van der Waals surface area contributed by atoms with E-state index in [4.69, 9.17) is 49.7 Å². The maximum Gasteiger partial charge on any atom is 0.152 e. The molecule has 3 aromatic rings. The minimum absolute atomic E-state index is 0.223. The van der Waals surface area contributed by atoms with Crippen molar-refractivity contribution in [3.63, 3.8) is 0 Å². The number of rotatable bonds is 6. The fourth-order valence-corrected chi connectivity index (χ4v) is 3.02. The quantitative estimate of drug-likeness (QED) is 0.389. The van der Waals surface area contributed by atoms with Gasteiger partial charge in [0.15, 0.2) is 5.34 Å². The van der Waals surface area contributed by atoms with Crippen molar-refractivity contribution in [2.45, 2.75) is 19.3 Å². The van der Waals surface area contributed by atoms with Crippen LogP contribution in [0.5, 0.6) is 0 Å². The van der Waals surface area contributed by atoms with Gasteiger partial charge in [-0.2, -0.15) is 0 Å². The lowest BCUT2D eigenvalue weighted by Gasteiger charge is -2.20. The number of halogens is 3. The second-order valence-corrected chi connectivity index (χ2v) is 6.71. The first-order chi connectivity index (χ1) is 13.0. The van der Waals surface area contributed by atoms with Gasteiger partial charge >= 0.3 is 0 Å². The van der Waals surface area contributed by atoms with Crippen molar-refractivity contribution in [3.05, 3.63) is 92.3 Å². The minimum Gasteiger partial charge on any atom is -0.379 e. The smallest absolute Gasteiger partial charge is 0.152 e. The van der Waals surface area contributed by atoms with Crippen molar-refractivity contribution in [1.82, 2.24) is 9.55 Å². The molecule has 0 aliphatic carbocycles. The van der Waals surface area contributed by atoms with Crippen LogP contribution in [0.3, 0.4) is 0 Å². The summed E-state index contributed by atoms with van der Waals surface area (Å²) < 4.78 is 8.08. The minimum atomic E-state index is -0.223. The highest BCUT2D eigenvalue weighted by Gasteiger charge is 2.17. The molecule has 0 aliphatic heterocycles. The molecular weight excluding hydrogens is 413 g/mol. The van der Waals surface area contributed by atoms with E-state index in [-0.39, 0.29) is 6.10 Å². The highest BCUT2D eigenvalue weighted by Crippen LogP contribution is 2.30. The molecule has 0 unspecified atom stereocenters. The molecule has 0 saturated carbocycles. The second kappa shape index (κ2) is 10.9. The molecule has 1 aromatic heterocycles. The summed E-state index contributed by atoms with van der Waals surface area (Å²) in [5.41, 5.74) is 1.93. The molecule has 9 heteroatoms. The summed E-state index contributed by atoms with van der Waals surface area (Å²) in [6, 6.07) is 13.0. The zero-order valence-corrected chi connectivity index (χ0v) is 16.3.